The number of carbonyl (C=O) groups excluding carboxylic acids is 2. The molecule has 0 unspecified atom stereocenters. The Morgan fingerprint density at radius 2 is 1.97 bits per heavy atom. The van der Waals surface area contributed by atoms with Gasteiger partial charge in [-0.15, -0.1) is 0 Å². The van der Waals surface area contributed by atoms with Crippen LogP contribution in [0.15, 0.2) is 28.2 Å². The third kappa shape index (κ3) is 4.08. The molecule has 0 aliphatic heterocycles. The van der Waals surface area contributed by atoms with Gasteiger partial charge in [-0.1, -0.05) is 36.2 Å². The number of hydrogen-bond donors (Lipinski definition) is 1. The topological polar surface area (TPSA) is 84.8 Å². The van der Waals surface area contributed by atoms with E-state index in [1.54, 1.807) is 36.6 Å². The molecule has 1 N–H and O–H groups in total. The molecule has 2 heterocycles. The zero-order chi connectivity index (χ0) is 22.3. The SMILES string of the molecule is CC(=O)c1c(C)[nH]c(C(=O)CSc2nc3cc(Cl)ccc3c(=O)n2C2CCCC2)c1C. The number of nitrogens with zero attached hydrogens (tertiary/aromatic N) is 2. The summed E-state index contributed by atoms with van der Waals surface area (Å²) in [7, 11) is 0. The summed E-state index contributed by atoms with van der Waals surface area (Å²) in [5.74, 6) is -0.0822. The van der Waals surface area contributed by atoms with Crippen LogP contribution in [0.25, 0.3) is 10.9 Å². The lowest BCUT2D eigenvalue weighted by Crippen LogP contribution is -2.26. The van der Waals surface area contributed by atoms with Gasteiger partial charge in [0.15, 0.2) is 16.7 Å². The van der Waals surface area contributed by atoms with Gasteiger partial charge >= 0.3 is 0 Å². The van der Waals surface area contributed by atoms with Gasteiger partial charge in [-0.25, -0.2) is 4.98 Å². The van der Waals surface area contributed by atoms with Crippen LogP contribution in [0, 0.1) is 13.8 Å². The zero-order valence-corrected chi connectivity index (χ0v) is 19.3. The summed E-state index contributed by atoms with van der Waals surface area (Å²) >= 11 is 7.37. The normalized spacial score (nSPS) is 14.5. The third-order valence-corrected chi connectivity index (χ3v) is 7.11. The van der Waals surface area contributed by atoms with Crippen LogP contribution in [-0.2, 0) is 0 Å². The molecule has 6 nitrogen and oxygen atoms in total. The maximum Gasteiger partial charge on any atom is 0.262 e. The highest BCUT2D eigenvalue weighted by Gasteiger charge is 2.25. The number of hydrogen-bond acceptors (Lipinski definition) is 5. The van der Waals surface area contributed by atoms with Gasteiger partial charge in [0.05, 0.1) is 22.3 Å². The van der Waals surface area contributed by atoms with E-state index in [-0.39, 0.29) is 28.9 Å². The fourth-order valence-electron chi connectivity index (χ4n) is 4.50. The second-order valence-corrected chi connectivity index (χ2v) is 9.44. The molecule has 0 bridgehead atoms. The van der Waals surface area contributed by atoms with Gasteiger partial charge in [-0.2, -0.15) is 0 Å². The number of aromatic nitrogens is 3. The minimum Gasteiger partial charge on any atom is -0.355 e. The van der Waals surface area contributed by atoms with Gasteiger partial charge in [0.2, 0.25) is 0 Å². The molecule has 1 aliphatic rings. The Balaban J connectivity index is 1.70. The molecule has 4 rings (SSSR count). The molecule has 162 valence electrons. The second kappa shape index (κ2) is 8.63. The first kappa shape index (κ1) is 21.8. The first-order valence-corrected chi connectivity index (χ1v) is 11.7. The fraction of sp³-hybridized carbons (Fsp3) is 0.391. The van der Waals surface area contributed by atoms with Crippen molar-refractivity contribution in [1.82, 2.24) is 14.5 Å². The van der Waals surface area contributed by atoms with Crippen LogP contribution < -0.4 is 5.56 Å². The number of thioether (sulfide) groups is 1. The molecule has 1 aliphatic carbocycles. The molecule has 1 saturated carbocycles. The molecule has 0 amide bonds. The highest BCUT2D eigenvalue weighted by atomic mass is 35.5. The van der Waals surface area contributed by atoms with Crippen molar-refractivity contribution in [3.05, 3.63) is 56.1 Å². The molecule has 0 atom stereocenters. The van der Waals surface area contributed by atoms with E-state index >= 15 is 0 Å². The summed E-state index contributed by atoms with van der Waals surface area (Å²) in [4.78, 5) is 45.9. The number of Topliss-reactive ketones (excluding diaryl/α,β-unsaturated/α-hetero) is 2. The first-order valence-electron chi connectivity index (χ1n) is 10.4. The zero-order valence-electron chi connectivity index (χ0n) is 17.8. The van der Waals surface area contributed by atoms with Crippen LogP contribution in [0.4, 0.5) is 0 Å². The van der Waals surface area contributed by atoms with Crippen molar-refractivity contribution >= 4 is 45.8 Å². The fourth-order valence-corrected chi connectivity index (χ4v) is 5.60. The summed E-state index contributed by atoms with van der Waals surface area (Å²) in [6, 6.07) is 5.19. The van der Waals surface area contributed by atoms with E-state index in [2.05, 4.69) is 4.98 Å². The van der Waals surface area contributed by atoms with E-state index in [9.17, 15) is 14.4 Å². The lowest BCUT2D eigenvalue weighted by molar-refractivity contribution is 0.101. The number of aryl methyl sites for hydroxylation is 1. The second-order valence-electron chi connectivity index (χ2n) is 8.06. The van der Waals surface area contributed by atoms with Crippen LogP contribution in [0.5, 0.6) is 0 Å². The van der Waals surface area contributed by atoms with Crippen molar-refractivity contribution in [3.63, 3.8) is 0 Å². The van der Waals surface area contributed by atoms with E-state index in [0.717, 1.165) is 25.7 Å². The van der Waals surface area contributed by atoms with Gasteiger partial charge in [0.25, 0.3) is 5.56 Å². The highest BCUT2D eigenvalue weighted by molar-refractivity contribution is 7.99. The Hall–Kier alpha value is -2.38. The van der Waals surface area contributed by atoms with Gasteiger partial charge in [-0.05, 0) is 57.4 Å². The van der Waals surface area contributed by atoms with E-state index < -0.39 is 0 Å². The smallest absolute Gasteiger partial charge is 0.262 e. The monoisotopic (exact) mass is 457 g/mol. The molecule has 1 aromatic carbocycles. The number of rotatable bonds is 6. The van der Waals surface area contributed by atoms with Crippen LogP contribution in [0.2, 0.25) is 5.02 Å². The quantitative estimate of drug-likeness (QED) is 0.309. The van der Waals surface area contributed by atoms with E-state index in [4.69, 9.17) is 16.6 Å². The standard InChI is InChI=1S/C23H24ClN3O3S/c1-12-20(14(3)28)13(2)25-21(12)19(29)11-31-23-26-18-10-15(24)8-9-17(18)22(30)27(23)16-6-4-5-7-16/h8-10,16,25H,4-7,11H2,1-3H3. The number of nitrogens with one attached hydrogen (secondary N) is 1. The largest absolute Gasteiger partial charge is 0.355 e. The maximum absolute atomic E-state index is 13.3. The number of H-pyrrole nitrogens is 1. The molecular formula is C23H24ClN3O3S. The van der Waals surface area contributed by atoms with Gasteiger partial charge in [-0.3, -0.25) is 19.0 Å². The summed E-state index contributed by atoms with van der Waals surface area (Å²) in [6.45, 7) is 5.07. The predicted octanol–water partition coefficient (Wildman–Crippen LogP) is 5.29. The van der Waals surface area contributed by atoms with Gasteiger partial charge in [0.1, 0.15) is 0 Å². The highest BCUT2D eigenvalue weighted by Crippen LogP contribution is 2.33. The minimum atomic E-state index is -0.128. The summed E-state index contributed by atoms with van der Waals surface area (Å²) in [5.41, 5.74) is 2.81. The van der Waals surface area contributed by atoms with Crippen molar-refractivity contribution in [3.8, 4) is 0 Å². The van der Waals surface area contributed by atoms with E-state index in [1.165, 1.54) is 18.7 Å². The lowest BCUT2D eigenvalue weighted by Gasteiger charge is -2.18. The molecule has 0 radical (unpaired) electrons. The molecule has 8 heteroatoms. The maximum atomic E-state index is 13.3. The van der Waals surface area contributed by atoms with Crippen LogP contribution in [0.1, 0.15) is 70.8 Å². The lowest BCUT2D eigenvalue weighted by atomic mass is 10.1. The van der Waals surface area contributed by atoms with Crippen molar-refractivity contribution in [1.29, 1.82) is 0 Å². The summed E-state index contributed by atoms with van der Waals surface area (Å²) < 4.78 is 1.76. The van der Waals surface area contributed by atoms with Crippen molar-refractivity contribution < 1.29 is 9.59 Å². The van der Waals surface area contributed by atoms with Crippen molar-refractivity contribution in [2.45, 2.75) is 57.7 Å². The minimum absolute atomic E-state index is 0.0684. The number of carbonyl (C=O) groups is 2. The molecule has 2 aromatic heterocycles. The predicted molar refractivity (Wildman–Crippen MR) is 124 cm³/mol. The number of ketones is 2. The number of aromatic amines is 1. The van der Waals surface area contributed by atoms with Crippen LogP contribution in [0.3, 0.4) is 0 Å². The molecule has 1 fully saturated rings. The summed E-state index contributed by atoms with van der Waals surface area (Å²) in [6.07, 6.45) is 4.01. The molecule has 0 spiro atoms. The average molecular weight is 458 g/mol. The molecule has 31 heavy (non-hydrogen) atoms. The van der Waals surface area contributed by atoms with Gasteiger partial charge in [0, 0.05) is 22.3 Å². The Labute approximate surface area is 189 Å². The Bertz CT molecular complexity index is 1260. The van der Waals surface area contributed by atoms with Crippen LogP contribution in [-0.4, -0.2) is 31.9 Å². The Kier molecular flexibility index (Phi) is 6.08. The van der Waals surface area contributed by atoms with E-state index in [1.807, 2.05) is 0 Å². The third-order valence-electron chi connectivity index (χ3n) is 5.92. The first-order chi connectivity index (χ1) is 14.8. The van der Waals surface area contributed by atoms with E-state index in [0.29, 0.717) is 43.6 Å². The average Bonchev–Trinajstić information content (AvgIpc) is 3.33. The summed E-state index contributed by atoms with van der Waals surface area (Å²) in [5, 5.41) is 1.58. The van der Waals surface area contributed by atoms with Crippen molar-refractivity contribution in [2.24, 2.45) is 0 Å². The Morgan fingerprint density at radius 3 is 2.61 bits per heavy atom. The molecular weight excluding hydrogens is 434 g/mol. The number of benzene rings is 1. The van der Waals surface area contributed by atoms with Crippen LogP contribution >= 0.6 is 23.4 Å². The van der Waals surface area contributed by atoms with Gasteiger partial charge < -0.3 is 4.98 Å². The molecule has 3 aromatic rings. The number of fused-ring (bicyclic) bond motifs is 1. The Morgan fingerprint density at radius 1 is 1.26 bits per heavy atom. The molecule has 0 saturated heterocycles. The number of halogens is 1. The van der Waals surface area contributed by atoms with Crippen molar-refractivity contribution in [2.75, 3.05) is 5.75 Å².